The minimum absolute atomic E-state index is 0.165. The molecule has 2 aliphatic rings. The van der Waals surface area contributed by atoms with E-state index >= 15 is 0 Å². The van der Waals surface area contributed by atoms with Crippen LogP contribution in [0.3, 0.4) is 0 Å². The number of nitrogens with one attached hydrogen (secondary N) is 2. The molecule has 2 amide bonds. The predicted molar refractivity (Wildman–Crippen MR) is 107 cm³/mol. The van der Waals surface area contributed by atoms with Crippen LogP contribution in [0, 0.1) is 0 Å². The first-order valence-corrected chi connectivity index (χ1v) is 10.4. The van der Waals surface area contributed by atoms with Gasteiger partial charge in [-0.2, -0.15) is 10.2 Å². The highest BCUT2D eigenvalue weighted by Gasteiger charge is 2.31. The molecule has 1 aliphatic heterocycles. The number of carbonyl (C=O) groups is 2. The summed E-state index contributed by atoms with van der Waals surface area (Å²) in [6.07, 6.45) is 7.84. The second-order valence-electron chi connectivity index (χ2n) is 7.69. The summed E-state index contributed by atoms with van der Waals surface area (Å²) in [7, 11) is 1.37. The van der Waals surface area contributed by atoms with Gasteiger partial charge in [-0.15, -0.1) is 0 Å². The third-order valence-electron chi connectivity index (χ3n) is 5.50. The largest absolute Gasteiger partial charge is 0.465 e. The molecule has 1 saturated carbocycles. The van der Waals surface area contributed by atoms with Crippen molar-refractivity contribution in [1.82, 2.24) is 24.9 Å². The third-order valence-corrected chi connectivity index (χ3v) is 5.50. The first kappa shape index (κ1) is 19.5. The number of aryl methyl sites for hydroxylation is 2. The van der Waals surface area contributed by atoms with Crippen LogP contribution in [0.1, 0.15) is 72.4 Å². The molecule has 2 N–H and O–H groups in total. The van der Waals surface area contributed by atoms with Gasteiger partial charge in [-0.05, 0) is 38.5 Å². The van der Waals surface area contributed by atoms with Crippen LogP contribution in [-0.4, -0.2) is 38.7 Å². The highest BCUT2D eigenvalue weighted by Crippen LogP contribution is 2.43. The highest BCUT2D eigenvalue weighted by molar-refractivity contribution is 5.93. The van der Waals surface area contributed by atoms with Crippen LogP contribution in [-0.2, 0) is 30.8 Å². The molecule has 156 valence electrons. The number of amides is 2. The lowest BCUT2D eigenvalue weighted by Crippen LogP contribution is -2.29. The SMILES string of the molecule is CCCn1ncc(NC(=O)NCc2nn3c(c2C(=O)OC)CCCC3)c1C1CC1. The Morgan fingerprint density at radius 1 is 1.31 bits per heavy atom. The first-order chi connectivity index (χ1) is 14.1. The molecule has 1 fully saturated rings. The van der Waals surface area contributed by atoms with Gasteiger partial charge in [0.15, 0.2) is 0 Å². The van der Waals surface area contributed by atoms with Gasteiger partial charge < -0.3 is 15.4 Å². The molecular weight excluding hydrogens is 372 g/mol. The Hall–Kier alpha value is -2.84. The summed E-state index contributed by atoms with van der Waals surface area (Å²) in [5.41, 5.74) is 3.80. The highest BCUT2D eigenvalue weighted by atomic mass is 16.5. The summed E-state index contributed by atoms with van der Waals surface area (Å²) in [5.74, 6) is 0.0763. The van der Waals surface area contributed by atoms with E-state index in [1.165, 1.54) is 7.11 Å². The first-order valence-electron chi connectivity index (χ1n) is 10.4. The molecule has 29 heavy (non-hydrogen) atoms. The van der Waals surface area contributed by atoms with Crippen molar-refractivity contribution in [2.24, 2.45) is 0 Å². The Bertz CT molecular complexity index is 912. The Morgan fingerprint density at radius 2 is 2.14 bits per heavy atom. The second kappa shape index (κ2) is 8.26. The molecule has 0 atom stereocenters. The fraction of sp³-hybridized carbons (Fsp3) is 0.600. The number of hydrogen-bond acceptors (Lipinski definition) is 5. The van der Waals surface area contributed by atoms with Crippen molar-refractivity contribution < 1.29 is 14.3 Å². The van der Waals surface area contributed by atoms with Crippen LogP contribution in [0.4, 0.5) is 10.5 Å². The van der Waals surface area contributed by atoms with Crippen molar-refractivity contribution >= 4 is 17.7 Å². The minimum Gasteiger partial charge on any atom is -0.465 e. The van der Waals surface area contributed by atoms with Crippen LogP contribution >= 0.6 is 0 Å². The van der Waals surface area contributed by atoms with Gasteiger partial charge in [-0.3, -0.25) is 9.36 Å². The number of urea groups is 1. The number of nitrogens with zero attached hydrogens (tertiary/aromatic N) is 4. The lowest BCUT2D eigenvalue weighted by Gasteiger charge is -2.13. The number of fused-ring (bicyclic) bond motifs is 1. The van der Waals surface area contributed by atoms with E-state index in [0.29, 0.717) is 17.2 Å². The number of hydrogen-bond donors (Lipinski definition) is 2. The molecule has 0 saturated heterocycles. The Kier molecular flexibility index (Phi) is 5.55. The molecule has 0 aromatic carbocycles. The summed E-state index contributed by atoms with van der Waals surface area (Å²) in [6.45, 7) is 3.91. The molecule has 9 heteroatoms. The molecule has 3 heterocycles. The summed E-state index contributed by atoms with van der Waals surface area (Å²) in [6, 6.07) is -0.329. The predicted octanol–water partition coefficient (Wildman–Crippen LogP) is 2.81. The maximum Gasteiger partial charge on any atom is 0.341 e. The molecule has 2 aromatic rings. The number of esters is 1. The van der Waals surface area contributed by atoms with Gasteiger partial charge in [-0.25, -0.2) is 9.59 Å². The van der Waals surface area contributed by atoms with Crippen molar-refractivity contribution in [2.45, 2.75) is 71.0 Å². The van der Waals surface area contributed by atoms with Crippen molar-refractivity contribution in [2.75, 3.05) is 12.4 Å². The van der Waals surface area contributed by atoms with E-state index < -0.39 is 5.97 Å². The normalized spacial score (nSPS) is 15.7. The van der Waals surface area contributed by atoms with Gasteiger partial charge in [0.2, 0.25) is 0 Å². The van der Waals surface area contributed by atoms with Crippen LogP contribution in [0.15, 0.2) is 6.20 Å². The molecule has 4 rings (SSSR count). The Balaban J connectivity index is 1.46. The molecule has 9 nitrogen and oxygen atoms in total. The van der Waals surface area contributed by atoms with Gasteiger partial charge in [-0.1, -0.05) is 6.92 Å². The molecule has 1 aliphatic carbocycles. The van der Waals surface area contributed by atoms with E-state index in [4.69, 9.17) is 4.74 Å². The van der Waals surface area contributed by atoms with Crippen molar-refractivity contribution in [3.8, 4) is 0 Å². The zero-order chi connectivity index (χ0) is 20.4. The Morgan fingerprint density at radius 3 is 2.86 bits per heavy atom. The van der Waals surface area contributed by atoms with E-state index in [0.717, 1.165) is 68.7 Å². The van der Waals surface area contributed by atoms with Crippen LogP contribution in [0.5, 0.6) is 0 Å². The van der Waals surface area contributed by atoms with Gasteiger partial charge in [0.25, 0.3) is 0 Å². The fourth-order valence-corrected chi connectivity index (χ4v) is 4.01. The number of methoxy groups -OCH3 is 1. The van der Waals surface area contributed by atoms with Gasteiger partial charge in [0.1, 0.15) is 5.56 Å². The average Bonchev–Trinajstić information content (AvgIpc) is 3.38. The number of anilines is 1. The van der Waals surface area contributed by atoms with E-state index in [1.54, 1.807) is 6.20 Å². The number of carbonyl (C=O) groups excluding carboxylic acids is 2. The van der Waals surface area contributed by atoms with E-state index in [2.05, 4.69) is 27.8 Å². The zero-order valence-electron chi connectivity index (χ0n) is 17.0. The summed E-state index contributed by atoms with van der Waals surface area (Å²) < 4.78 is 8.80. The van der Waals surface area contributed by atoms with E-state index in [9.17, 15) is 9.59 Å². The molecular formula is C20H28N6O3. The standard InChI is InChI=1S/C20H28N6O3/c1-3-9-26-18(13-7-8-13)15(12-22-26)23-20(28)21-11-14-17(19(27)29-2)16-6-4-5-10-25(16)24-14/h12-13H,3-11H2,1-2H3,(H2,21,23,28). The quantitative estimate of drug-likeness (QED) is 0.696. The summed E-state index contributed by atoms with van der Waals surface area (Å²) in [4.78, 5) is 24.8. The monoisotopic (exact) mass is 400 g/mol. The Labute approximate surface area is 169 Å². The fourth-order valence-electron chi connectivity index (χ4n) is 4.01. The third kappa shape index (κ3) is 3.99. The summed E-state index contributed by atoms with van der Waals surface area (Å²) >= 11 is 0. The van der Waals surface area contributed by atoms with Crippen molar-refractivity contribution in [3.05, 3.63) is 28.8 Å². The molecule has 0 radical (unpaired) electrons. The van der Waals surface area contributed by atoms with Gasteiger partial charge in [0.05, 0.1) is 42.6 Å². The second-order valence-corrected chi connectivity index (χ2v) is 7.69. The zero-order valence-corrected chi connectivity index (χ0v) is 17.0. The van der Waals surface area contributed by atoms with Gasteiger partial charge in [0, 0.05) is 19.0 Å². The van der Waals surface area contributed by atoms with Crippen molar-refractivity contribution in [1.29, 1.82) is 0 Å². The van der Waals surface area contributed by atoms with E-state index in [1.807, 2.05) is 9.36 Å². The number of ether oxygens (including phenoxy) is 1. The lowest BCUT2D eigenvalue weighted by molar-refractivity contribution is 0.0597. The summed E-state index contributed by atoms with van der Waals surface area (Å²) in [5, 5.41) is 14.7. The molecule has 2 aromatic heterocycles. The molecule has 0 bridgehead atoms. The lowest BCUT2D eigenvalue weighted by atomic mass is 10.0. The molecule has 0 unspecified atom stereocenters. The van der Waals surface area contributed by atoms with Gasteiger partial charge >= 0.3 is 12.0 Å². The number of aromatic nitrogens is 4. The maximum absolute atomic E-state index is 12.5. The van der Waals surface area contributed by atoms with Crippen LogP contribution in [0.25, 0.3) is 0 Å². The van der Waals surface area contributed by atoms with Crippen LogP contribution < -0.4 is 10.6 Å². The number of rotatable bonds is 7. The smallest absolute Gasteiger partial charge is 0.341 e. The van der Waals surface area contributed by atoms with Crippen molar-refractivity contribution in [3.63, 3.8) is 0 Å². The topological polar surface area (TPSA) is 103 Å². The maximum atomic E-state index is 12.5. The average molecular weight is 400 g/mol. The van der Waals surface area contributed by atoms with Crippen LogP contribution in [0.2, 0.25) is 0 Å². The molecule has 0 spiro atoms. The minimum atomic E-state index is -0.401. The van der Waals surface area contributed by atoms with E-state index in [-0.39, 0.29) is 12.6 Å².